The third-order valence-corrected chi connectivity index (χ3v) is 2.99. The van der Waals surface area contributed by atoms with Gasteiger partial charge in [0.25, 0.3) is 0 Å². The van der Waals surface area contributed by atoms with Crippen LogP contribution >= 0.6 is 15.9 Å². The van der Waals surface area contributed by atoms with Crippen molar-refractivity contribution < 1.29 is 13.9 Å². The normalized spacial score (nSPS) is 10.8. The molecule has 19 heavy (non-hydrogen) atoms. The van der Waals surface area contributed by atoms with E-state index in [1.165, 1.54) is 0 Å². The molecule has 0 atom stereocenters. The maximum absolute atomic E-state index is 11.7. The van der Waals surface area contributed by atoms with Crippen molar-refractivity contribution in [2.24, 2.45) is 0 Å². The summed E-state index contributed by atoms with van der Waals surface area (Å²) in [5.74, 6) is -0.0758. The minimum atomic E-state index is -0.451. The van der Waals surface area contributed by atoms with Crippen LogP contribution in [0.2, 0.25) is 0 Å². The Balaban J connectivity index is 1.70. The summed E-state index contributed by atoms with van der Waals surface area (Å²) in [7, 11) is 0. The van der Waals surface area contributed by atoms with E-state index in [2.05, 4.69) is 25.9 Å². The number of hydrogen-bond donors (Lipinski definition) is 1. The third kappa shape index (κ3) is 2.53. The smallest absolute Gasteiger partial charge is 0.355 e. The molecule has 96 valence electrons. The van der Waals surface area contributed by atoms with Crippen LogP contribution in [0.1, 0.15) is 16.4 Å². The fourth-order valence-corrected chi connectivity index (χ4v) is 2.02. The predicted molar refractivity (Wildman–Crippen MR) is 71.6 cm³/mol. The van der Waals surface area contributed by atoms with Gasteiger partial charge in [-0.3, -0.25) is 0 Å². The number of nitrogens with one attached hydrogen (secondary N) is 1. The molecule has 0 aliphatic carbocycles. The number of halogens is 1. The Kier molecular flexibility index (Phi) is 3.08. The van der Waals surface area contributed by atoms with Crippen molar-refractivity contribution in [2.75, 3.05) is 0 Å². The van der Waals surface area contributed by atoms with E-state index in [-0.39, 0.29) is 6.61 Å². The molecule has 6 heteroatoms. The van der Waals surface area contributed by atoms with Crippen LogP contribution in [0.4, 0.5) is 0 Å². The zero-order chi connectivity index (χ0) is 13.2. The van der Waals surface area contributed by atoms with Crippen molar-refractivity contribution in [3.05, 3.63) is 52.6 Å². The first kappa shape index (κ1) is 12.0. The number of carbonyl (C=O) groups is 1. The zero-order valence-corrected chi connectivity index (χ0v) is 11.3. The fourth-order valence-electron chi connectivity index (χ4n) is 1.67. The highest BCUT2D eigenvalue weighted by atomic mass is 79.9. The topological polar surface area (TPSA) is 68.1 Å². The van der Waals surface area contributed by atoms with Crippen LogP contribution in [0, 0.1) is 0 Å². The van der Waals surface area contributed by atoms with Crippen molar-refractivity contribution in [3.8, 4) is 0 Å². The van der Waals surface area contributed by atoms with Crippen LogP contribution in [-0.2, 0) is 11.3 Å². The monoisotopic (exact) mass is 320 g/mol. The van der Waals surface area contributed by atoms with Crippen LogP contribution in [-0.4, -0.2) is 15.9 Å². The molecule has 1 N–H and O–H groups in total. The summed E-state index contributed by atoms with van der Waals surface area (Å²) in [5.41, 5.74) is 1.80. The lowest BCUT2D eigenvalue weighted by Crippen LogP contribution is -2.05. The van der Waals surface area contributed by atoms with Crippen molar-refractivity contribution >= 4 is 33.0 Å². The Hall–Kier alpha value is -2.08. The van der Waals surface area contributed by atoms with Crippen LogP contribution in [0.15, 0.2) is 45.4 Å². The second-order valence-corrected chi connectivity index (χ2v) is 4.80. The maximum atomic E-state index is 11.7. The van der Waals surface area contributed by atoms with Crippen LogP contribution in [0.25, 0.3) is 11.1 Å². The molecule has 5 nitrogen and oxygen atoms in total. The first-order valence-corrected chi connectivity index (χ1v) is 6.37. The number of carbonyl (C=O) groups excluding carboxylic acids is 1. The van der Waals surface area contributed by atoms with Crippen LogP contribution < -0.4 is 0 Å². The number of hydrogen-bond acceptors (Lipinski definition) is 4. The number of para-hydroxylation sites is 2. The summed E-state index contributed by atoms with van der Waals surface area (Å²) in [5, 5.41) is 0. The number of benzene rings is 1. The lowest BCUT2D eigenvalue weighted by molar-refractivity contribution is 0.0434. The summed E-state index contributed by atoms with van der Waals surface area (Å²) >= 11 is 3.25. The molecular formula is C13H9BrN2O3. The predicted octanol–water partition coefficient (Wildman–Crippen LogP) is 3.28. The second kappa shape index (κ2) is 4.89. The van der Waals surface area contributed by atoms with Crippen molar-refractivity contribution in [1.29, 1.82) is 0 Å². The van der Waals surface area contributed by atoms with Crippen molar-refractivity contribution in [2.45, 2.75) is 6.61 Å². The lowest BCUT2D eigenvalue weighted by atomic mass is 10.3. The average Bonchev–Trinajstić information content (AvgIpc) is 3.01. The third-order valence-electron chi connectivity index (χ3n) is 2.53. The van der Waals surface area contributed by atoms with Gasteiger partial charge in [0, 0.05) is 10.7 Å². The average molecular weight is 321 g/mol. The van der Waals surface area contributed by atoms with Gasteiger partial charge in [0.05, 0.1) is 0 Å². The number of aromatic amines is 1. The van der Waals surface area contributed by atoms with Gasteiger partial charge in [0.15, 0.2) is 12.2 Å². The van der Waals surface area contributed by atoms with Gasteiger partial charge in [-0.2, -0.15) is 0 Å². The summed E-state index contributed by atoms with van der Waals surface area (Å²) in [6.45, 7) is 0.00412. The van der Waals surface area contributed by atoms with Gasteiger partial charge in [0.1, 0.15) is 11.2 Å². The zero-order valence-electron chi connectivity index (χ0n) is 9.72. The highest BCUT2D eigenvalue weighted by Crippen LogP contribution is 2.16. The molecule has 0 amide bonds. The number of fused-ring (bicyclic) bond motifs is 1. The molecule has 0 saturated carbocycles. The molecule has 0 unspecified atom stereocenters. The molecule has 2 aromatic heterocycles. The molecule has 0 aliphatic heterocycles. The number of oxazole rings is 1. The van der Waals surface area contributed by atoms with Crippen molar-refractivity contribution in [3.63, 3.8) is 0 Å². The van der Waals surface area contributed by atoms with Gasteiger partial charge in [-0.1, -0.05) is 12.1 Å². The number of H-pyrrole nitrogens is 1. The number of ether oxygens (including phenoxy) is 1. The van der Waals surface area contributed by atoms with Crippen LogP contribution in [0.5, 0.6) is 0 Å². The highest BCUT2D eigenvalue weighted by molar-refractivity contribution is 9.10. The minimum Gasteiger partial charge on any atom is -0.451 e. The Labute approximate surface area is 116 Å². The van der Waals surface area contributed by atoms with Gasteiger partial charge in [-0.15, -0.1) is 0 Å². The Bertz CT molecular complexity index is 699. The summed E-state index contributed by atoms with van der Waals surface area (Å²) in [6, 6.07) is 9.03. The van der Waals surface area contributed by atoms with Gasteiger partial charge >= 0.3 is 5.97 Å². The SMILES string of the molecule is O=C(OCc1nc2ccccc2o1)c1cc(Br)c[nH]1. The number of esters is 1. The molecule has 0 spiro atoms. The van der Waals surface area contributed by atoms with E-state index in [1.54, 1.807) is 12.3 Å². The summed E-state index contributed by atoms with van der Waals surface area (Å²) in [4.78, 5) is 18.7. The number of rotatable bonds is 3. The standard InChI is InChI=1S/C13H9BrN2O3/c14-8-5-10(15-6-8)13(17)18-7-12-16-9-3-1-2-4-11(9)19-12/h1-6,15H,7H2. The Morgan fingerprint density at radius 3 is 3.00 bits per heavy atom. The molecule has 0 fully saturated rings. The van der Waals surface area contributed by atoms with E-state index in [1.807, 2.05) is 24.3 Å². The quantitative estimate of drug-likeness (QED) is 0.752. The minimum absolute atomic E-state index is 0.00412. The maximum Gasteiger partial charge on any atom is 0.355 e. The van der Waals surface area contributed by atoms with Crippen LogP contribution in [0.3, 0.4) is 0 Å². The van der Waals surface area contributed by atoms with Gasteiger partial charge in [-0.05, 0) is 34.1 Å². The molecular weight excluding hydrogens is 312 g/mol. The van der Waals surface area contributed by atoms with E-state index in [4.69, 9.17) is 9.15 Å². The largest absolute Gasteiger partial charge is 0.451 e. The lowest BCUT2D eigenvalue weighted by Gasteiger charge is -1.99. The van der Waals surface area contributed by atoms with E-state index < -0.39 is 5.97 Å². The molecule has 0 saturated heterocycles. The summed E-state index contributed by atoms with van der Waals surface area (Å²) in [6.07, 6.45) is 1.66. The Morgan fingerprint density at radius 2 is 2.26 bits per heavy atom. The Morgan fingerprint density at radius 1 is 1.42 bits per heavy atom. The van der Waals surface area contributed by atoms with Gasteiger partial charge in [0.2, 0.25) is 5.89 Å². The molecule has 1 aromatic carbocycles. The first-order valence-electron chi connectivity index (χ1n) is 5.58. The van der Waals surface area contributed by atoms with Crippen molar-refractivity contribution in [1.82, 2.24) is 9.97 Å². The highest BCUT2D eigenvalue weighted by Gasteiger charge is 2.12. The van der Waals surface area contributed by atoms with E-state index in [0.29, 0.717) is 17.2 Å². The molecule has 3 rings (SSSR count). The molecule has 3 aromatic rings. The molecule has 0 aliphatic rings. The number of aromatic nitrogens is 2. The molecule has 0 bridgehead atoms. The van der Waals surface area contributed by atoms with E-state index in [9.17, 15) is 4.79 Å². The molecule has 0 radical (unpaired) electrons. The number of nitrogens with zero attached hydrogens (tertiary/aromatic N) is 1. The molecule has 2 heterocycles. The van der Waals surface area contributed by atoms with Gasteiger partial charge in [-0.25, -0.2) is 9.78 Å². The van der Waals surface area contributed by atoms with E-state index in [0.717, 1.165) is 9.99 Å². The van der Waals surface area contributed by atoms with E-state index >= 15 is 0 Å². The summed E-state index contributed by atoms with van der Waals surface area (Å²) < 4.78 is 11.4. The second-order valence-electron chi connectivity index (χ2n) is 3.88. The van der Waals surface area contributed by atoms with Gasteiger partial charge < -0.3 is 14.1 Å². The first-order chi connectivity index (χ1) is 9.22. The fraction of sp³-hybridized carbons (Fsp3) is 0.0769.